The third-order valence-corrected chi connectivity index (χ3v) is 2.98. The minimum atomic E-state index is 0.796. The molecule has 2 heterocycles. The Hall–Kier alpha value is -1.06. The van der Waals surface area contributed by atoms with Gasteiger partial charge in [0.2, 0.25) is 0 Å². The summed E-state index contributed by atoms with van der Waals surface area (Å²) in [5.74, 6) is 0.985. The molecule has 0 fully saturated rings. The lowest BCUT2D eigenvalue weighted by atomic mass is 10.4. The Labute approximate surface area is 87.6 Å². The highest BCUT2D eigenvalue weighted by Crippen LogP contribution is 2.14. The molecule has 0 unspecified atom stereocenters. The maximum Gasteiger partial charge on any atom is 0.117 e. The summed E-state index contributed by atoms with van der Waals surface area (Å²) in [5, 5.41) is 3.33. The summed E-state index contributed by atoms with van der Waals surface area (Å²) in [6.07, 6.45) is 1.70. The Morgan fingerprint density at radius 3 is 2.86 bits per heavy atom. The van der Waals surface area contributed by atoms with Gasteiger partial charge in [-0.3, -0.25) is 0 Å². The Bertz CT molecular complexity index is 378. The van der Waals surface area contributed by atoms with Crippen molar-refractivity contribution in [1.82, 2.24) is 5.32 Å². The fourth-order valence-corrected chi connectivity index (χ4v) is 2.16. The van der Waals surface area contributed by atoms with Crippen molar-refractivity contribution in [3.8, 4) is 0 Å². The first-order valence-corrected chi connectivity index (χ1v) is 5.44. The van der Waals surface area contributed by atoms with Crippen molar-refractivity contribution in [2.45, 2.75) is 20.0 Å². The van der Waals surface area contributed by atoms with Crippen LogP contribution in [0.2, 0.25) is 0 Å². The molecule has 0 radical (unpaired) electrons. The van der Waals surface area contributed by atoms with Crippen LogP contribution in [0, 0.1) is 6.92 Å². The predicted octanol–water partition coefficient (Wildman–Crippen LogP) is 2.94. The van der Waals surface area contributed by atoms with E-state index in [1.807, 2.05) is 23.5 Å². The first kappa shape index (κ1) is 9.49. The van der Waals surface area contributed by atoms with Crippen LogP contribution >= 0.6 is 11.3 Å². The van der Waals surface area contributed by atoms with Crippen molar-refractivity contribution in [3.05, 3.63) is 46.0 Å². The van der Waals surface area contributed by atoms with Crippen LogP contribution < -0.4 is 5.32 Å². The number of aryl methyl sites for hydroxylation is 1. The van der Waals surface area contributed by atoms with E-state index in [2.05, 4.69) is 24.4 Å². The molecule has 0 spiro atoms. The van der Waals surface area contributed by atoms with Crippen molar-refractivity contribution < 1.29 is 4.42 Å². The third kappa shape index (κ3) is 2.47. The molecule has 0 aliphatic heterocycles. The number of hydrogen-bond acceptors (Lipinski definition) is 3. The van der Waals surface area contributed by atoms with Crippen LogP contribution in [-0.2, 0) is 13.1 Å². The second-order valence-corrected chi connectivity index (χ2v) is 4.57. The van der Waals surface area contributed by atoms with E-state index in [9.17, 15) is 0 Å². The van der Waals surface area contributed by atoms with Gasteiger partial charge in [0.15, 0.2) is 0 Å². The van der Waals surface area contributed by atoms with Crippen LogP contribution in [-0.4, -0.2) is 0 Å². The van der Waals surface area contributed by atoms with Gasteiger partial charge >= 0.3 is 0 Å². The number of rotatable bonds is 4. The molecule has 2 aromatic rings. The van der Waals surface area contributed by atoms with Crippen LogP contribution in [0.5, 0.6) is 0 Å². The van der Waals surface area contributed by atoms with Gasteiger partial charge in [-0.25, -0.2) is 0 Å². The van der Waals surface area contributed by atoms with Crippen molar-refractivity contribution in [1.29, 1.82) is 0 Å². The van der Waals surface area contributed by atoms with Crippen molar-refractivity contribution in [3.63, 3.8) is 0 Å². The van der Waals surface area contributed by atoms with Gasteiger partial charge in [-0.15, -0.1) is 11.3 Å². The molecule has 0 bridgehead atoms. The molecule has 0 saturated carbocycles. The molecule has 2 aromatic heterocycles. The van der Waals surface area contributed by atoms with Gasteiger partial charge in [0.05, 0.1) is 12.8 Å². The summed E-state index contributed by atoms with van der Waals surface area (Å²) in [7, 11) is 0. The quantitative estimate of drug-likeness (QED) is 0.834. The highest BCUT2D eigenvalue weighted by molar-refractivity contribution is 7.11. The van der Waals surface area contributed by atoms with Crippen LogP contribution in [0.25, 0.3) is 0 Å². The Kier molecular flexibility index (Phi) is 3.01. The summed E-state index contributed by atoms with van der Waals surface area (Å²) in [4.78, 5) is 2.73. The number of thiophene rings is 1. The average molecular weight is 207 g/mol. The van der Waals surface area contributed by atoms with Crippen molar-refractivity contribution in [2.75, 3.05) is 0 Å². The molecule has 0 amide bonds. The Balaban J connectivity index is 1.78. The lowest BCUT2D eigenvalue weighted by Crippen LogP contribution is -2.10. The molecule has 0 aliphatic carbocycles. The minimum absolute atomic E-state index is 0.796. The second-order valence-electron chi connectivity index (χ2n) is 3.20. The highest BCUT2D eigenvalue weighted by atomic mass is 32.1. The van der Waals surface area contributed by atoms with E-state index in [-0.39, 0.29) is 0 Å². The Morgan fingerprint density at radius 2 is 2.21 bits per heavy atom. The first-order chi connectivity index (χ1) is 6.84. The number of furan rings is 1. The molecular weight excluding hydrogens is 194 g/mol. The van der Waals surface area contributed by atoms with Gasteiger partial charge < -0.3 is 9.73 Å². The topological polar surface area (TPSA) is 25.2 Å². The zero-order valence-corrected chi connectivity index (χ0v) is 8.93. The molecule has 0 aromatic carbocycles. The van der Waals surface area contributed by atoms with Crippen molar-refractivity contribution >= 4 is 11.3 Å². The average Bonchev–Trinajstić information content (AvgIpc) is 2.77. The summed E-state index contributed by atoms with van der Waals surface area (Å²) in [5.41, 5.74) is 0. The van der Waals surface area contributed by atoms with Crippen molar-refractivity contribution in [2.24, 2.45) is 0 Å². The minimum Gasteiger partial charge on any atom is -0.468 e. The molecule has 0 atom stereocenters. The molecule has 2 nitrogen and oxygen atoms in total. The molecule has 0 aliphatic rings. The molecule has 14 heavy (non-hydrogen) atoms. The summed E-state index contributed by atoms with van der Waals surface area (Å²) < 4.78 is 5.22. The van der Waals surface area contributed by atoms with Crippen LogP contribution in [0.4, 0.5) is 0 Å². The smallest absolute Gasteiger partial charge is 0.117 e. The third-order valence-electron chi connectivity index (χ3n) is 1.97. The van der Waals surface area contributed by atoms with Gasteiger partial charge in [-0.2, -0.15) is 0 Å². The van der Waals surface area contributed by atoms with Gasteiger partial charge in [-0.1, -0.05) is 0 Å². The number of nitrogens with one attached hydrogen (secondary N) is 1. The summed E-state index contributed by atoms with van der Waals surface area (Å²) >= 11 is 1.83. The molecule has 1 N–H and O–H groups in total. The standard InChI is InChI=1S/C11H13NOS/c1-9-4-5-11(14-9)8-12-7-10-3-2-6-13-10/h2-6,12H,7-8H2,1H3. The maximum atomic E-state index is 5.22. The van der Waals surface area contributed by atoms with E-state index >= 15 is 0 Å². The molecule has 2 rings (SSSR count). The molecular formula is C11H13NOS. The van der Waals surface area contributed by atoms with E-state index in [4.69, 9.17) is 4.42 Å². The van der Waals surface area contributed by atoms with E-state index in [0.29, 0.717) is 0 Å². The lowest BCUT2D eigenvalue weighted by Gasteiger charge is -1.99. The predicted molar refractivity (Wildman–Crippen MR) is 58.3 cm³/mol. The van der Waals surface area contributed by atoms with Gasteiger partial charge in [0, 0.05) is 16.3 Å². The summed E-state index contributed by atoms with van der Waals surface area (Å²) in [6, 6.07) is 8.20. The Morgan fingerprint density at radius 1 is 1.29 bits per heavy atom. The second kappa shape index (κ2) is 4.44. The molecule has 0 saturated heterocycles. The zero-order valence-electron chi connectivity index (χ0n) is 8.12. The normalized spacial score (nSPS) is 10.6. The van der Waals surface area contributed by atoms with E-state index in [1.165, 1.54) is 9.75 Å². The highest BCUT2D eigenvalue weighted by Gasteiger charge is 1.97. The van der Waals surface area contributed by atoms with Gasteiger partial charge in [0.25, 0.3) is 0 Å². The monoisotopic (exact) mass is 207 g/mol. The molecule has 3 heteroatoms. The first-order valence-electron chi connectivity index (χ1n) is 4.63. The zero-order chi connectivity index (χ0) is 9.80. The van der Waals surface area contributed by atoms with E-state index in [0.717, 1.165) is 18.8 Å². The van der Waals surface area contributed by atoms with Crippen LogP contribution in [0.15, 0.2) is 34.9 Å². The maximum absolute atomic E-state index is 5.22. The van der Waals surface area contributed by atoms with E-state index in [1.54, 1.807) is 6.26 Å². The van der Waals surface area contributed by atoms with Gasteiger partial charge in [0.1, 0.15) is 5.76 Å². The fraction of sp³-hybridized carbons (Fsp3) is 0.273. The SMILES string of the molecule is Cc1ccc(CNCc2ccco2)s1. The van der Waals surface area contributed by atoms with Gasteiger partial charge in [-0.05, 0) is 31.2 Å². The largest absolute Gasteiger partial charge is 0.468 e. The number of hydrogen-bond donors (Lipinski definition) is 1. The fourth-order valence-electron chi connectivity index (χ4n) is 1.30. The van der Waals surface area contributed by atoms with Crippen LogP contribution in [0.1, 0.15) is 15.5 Å². The van der Waals surface area contributed by atoms with Crippen LogP contribution in [0.3, 0.4) is 0 Å². The summed E-state index contributed by atoms with van der Waals surface area (Å²) in [6.45, 7) is 3.84. The van der Waals surface area contributed by atoms with E-state index < -0.39 is 0 Å². The molecule has 74 valence electrons. The lowest BCUT2D eigenvalue weighted by molar-refractivity contribution is 0.483.